The number of benzene rings is 1. The molecule has 0 N–H and O–H groups in total. The van der Waals surface area contributed by atoms with Gasteiger partial charge < -0.3 is 1.43 Å². The SMILES string of the molecule is Br.[2H-].[2H]c1[c-]cc([2H])c([2H])c1[2H].[Mg+2]. The van der Waals surface area contributed by atoms with Gasteiger partial charge in [0, 0.05) is 2.74 Å². The van der Waals surface area contributed by atoms with Gasteiger partial charge in [0.25, 0.3) is 0 Å². The monoisotopic (exact) mass is 187 g/mol. The maximum atomic E-state index is 7.07. The minimum Gasteiger partial charge on any atom is -1.00 e. The predicted octanol–water partition coefficient (Wildman–Crippen LogP) is 1.80. The first-order valence-corrected chi connectivity index (χ1v) is 1.58. The Morgan fingerprint density at radius 2 is 2.12 bits per heavy atom. The molecule has 0 atom stereocenters. The Morgan fingerprint density at radius 3 is 2.75 bits per heavy atom. The van der Waals surface area contributed by atoms with Gasteiger partial charge in [-0.2, -0.15) is 36.3 Å². The molecule has 0 aliphatic carbocycles. The molecule has 0 radical (unpaired) electrons. The first kappa shape index (κ1) is 4.31. The summed E-state index contributed by atoms with van der Waals surface area (Å²) in [5.41, 5.74) is 0. The third-order valence-corrected chi connectivity index (χ3v) is 0.414. The van der Waals surface area contributed by atoms with E-state index in [-0.39, 0.29) is 65.6 Å². The molecular weight excluding hydrogens is 176 g/mol. The van der Waals surface area contributed by atoms with Crippen molar-refractivity contribution in [1.29, 1.82) is 0 Å². The molecule has 8 heavy (non-hydrogen) atoms. The van der Waals surface area contributed by atoms with Crippen molar-refractivity contribution in [3.05, 3.63) is 36.3 Å². The second-order valence-corrected chi connectivity index (χ2v) is 0.808. The second-order valence-electron chi connectivity index (χ2n) is 0.808. The van der Waals surface area contributed by atoms with Crippen LogP contribution in [0.2, 0.25) is 0 Å². The molecule has 0 amide bonds. The van der Waals surface area contributed by atoms with Crippen LogP contribution in [0.4, 0.5) is 0 Å². The number of hydrogen-bond acceptors (Lipinski definition) is 0. The molecule has 0 unspecified atom stereocenters. The van der Waals surface area contributed by atoms with E-state index in [1.165, 1.54) is 6.07 Å². The topological polar surface area (TPSA) is 0 Å². The van der Waals surface area contributed by atoms with Gasteiger partial charge in [0.05, 0.1) is 0 Å². The van der Waals surface area contributed by atoms with Crippen LogP contribution >= 0.6 is 17.0 Å². The van der Waals surface area contributed by atoms with Gasteiger partial charge in [0.15, 0.2) is 0 Å². The Hall–Kier alpha value is 0.466. The van der Waals surface area contributed by atoms with Crippen molar-refractivity contribution in [3.63, 3.8) is 0 Å². The van der Waals surface area contributed by atoms with E-state index in [2.05, 4.69) is 6.07 Å². The largest absolute Gasteiger partial charge is 2.00 e. The summed E-state index contributed by atoms with van der Waals surface area (Å²) in [5, 5.41) is 0. The first-order chi connectivity index (χ1) is 4.63. The van der Waals surface area contributed by atoms with E-state index in [4.69, 9.17) is 5.48 Å². The van der Waals surface area contributed by atoms with Gasteiger partial charge in [-0.3, -0.25) is 0 Å². The summed E-state index contributed by atoms with van der Waals surface area (Å²) in [6, 6.07) is 2.99. The van der Waals surface area contributed by atoms with Crippen LogP contribution < -0.4 is 0 Å². The van der Waals surface area contributed by atoms with Crippen LogP contribution in [-0.2, 0) is 0 Å². The Labute approximate surface area is 83.3 Å². The second kappa shape index (κ2) is 7.47. The molecule has 1 aromatic rings. The molecular formula is C6H7BrMg. The van der Waals surface area contributed by atoms with E-state index < -0.39 is 0 Å². The van der Waals surface area contributed by atoms with Crippen molar-refractivity contribution < 1.29 is 6.91 Å². The Morgan fingerprint density at radius 1 is 1.38 bits per heavy atom. The fourth-order valence-electron chi connectivity index (χ4n) is 0.212. The van der Waals surface area contributed by atoms with Crippen molar-refractivity contribution in [2.45, 2.75) is 0 Å². The predicted molar refractivity (Wildman–Crippen MR) is 42.5 cm³/mol. The maximum Gasteiger partial charge on any atom is 2.00 e. The molecule has 0 aromatic heterocycles. The average molecular weight is 188 g/mol. The van der Waals surface area contributed by atoms with Crippen LogP contribution in [0.1, 0.15) is 6.91 Å². The van der Waals surface area contributed by atoms with E-state index in [0.29, 0.717) is 0 Å². The average Bonchev–Trinajstić information content (AvgIpc) is 1.93. The van der Waals surface area contributed by atoms with E-state index in [1.54, 1.807) is 0 Å². The van der Waals surface area contributed by atoms with Crippen LogP contribution in [0, 0.1) is 6.07 Å². The number of halogens is 1. The van der Waals surface area contributed by atoms with Crippen LogP contribution in [0.3, 0.4) is 0 Å². The molecule has 0 aliphatic heterocycles. The van der Waals surface area contributed by atoms with Gasteiger partial charge in [-0.1, -0.05) is 0 Å². The first-order valence-electron chi connectivity index (χ1n) is 3.58. The molecule has 2 heteroatoms. The van der Waals surface area contributed by atoms with E-state index >= 15 is 0 Å². The van der Waals surface area contributed by atoms with Crippen molar-refractivity contribution in [1.82, 2.24) is 0 Å². The summed E-state index contributed by atoms with van der Waals surface area (Å²) in [6.45, 7) is 0. The third-order valence-electron chi connectivity index (χ3n) is 0.414. The Kier molecular flexibility index (Phi) is 4.02. The van der Waals surface area contributed by atoms with Crippen LogP contribution in [-0.4, -0.2) is 23.1 Å². The summed E-state index contributed by atoms with van der Waals surface area (Å²) in [7, 11) is 0. The number of hydrogen-bond donors (Lipinski definition) is 0. The van der Waals surface area contributed by atoms with Gasteiger partial charge in [-0.15, -0.1) is 17.0 Å². The van der Waals surface area contributed by atoms with Crippen LogP contribution in [0.25, 0.3) is 0 Å². The van der Waals surface area contributed by atoms with Crippen molar-refractivity contribution >= 4 is 40.0 Å². The van der Waals surface area contributed by atoms with Gasteiger partial charge in [0.1, 0.15) is 0 Å². The molecule has 0 heterocycles. The zero-order valence-corrected chi connectivity index (χ0v) is 7.32. The van der Waals surface area contributed by atoms with Gasteiger partial charge in [0.2, 0.25) is 0 Å². The summed E-state index contributed by atoms with van der Waals surface area (Å²) >= 11 is 0. The van der Waals surface area contributed by atoms with Crippen LogP contribution in [0.15, 0.2) is 30.2 Å². The molecule has 0 saturated carbocycles. The van der Waals surface area contributed by atoms with E-state index in [9.17, 15) is 0 Å². The summed E-state index contributed by atoms with van der Waals surface area (Å²) in [4.78, 5) is 0. The molecule has 1 aromatic carbocycles. The zero-order valence-electron chi connectivity index (χ0n) is 9.19. The quantitative estimate of drug-likeness (QED) is 0.430. The minimum atomic E-state index is -0.229. The number of rotatable bonds is 0. The smallest absolute Gasteiger partial charge is 1.00 e. The van der Waals surface area contributed by atoms with Crippen molar-refractivity contribution in [2.75, 3.05) is 0 Å². The van der Waals surface area contributed by atoms with Crippen molar-refractivity contribution in [3.8, 4) is 0 Å². The third kappa shape index (κ3) is 4.62. The maximum absolute atomic E-state index is 7.07. The van der Waals surface area contributed by atoms with Crippen molar-refractivity contribution in [2.24, 2.45) is 0 Å². The van der Waals surface area contributed by atoms with Gasteiger partial charge >= 0.3 is 23.1 Å². The normalized spacial score (nSPS) is 13.0. The van der Waals surface area contributed by atoms with E-state index in [0.717, 1.165) is 0 Å². The Bertz CT molecular complexity index is 240. The molecule has 0 saturated heterocycles. The van der Waals surface area contributed by atoms with E-state index in [1.807, 2.05) is 0 Å². The van der Waals surface area contributed by atoms with Gasteiger partial charge in [-0.25, -0.2) is 0 Å². The molecule has 0 aliphatic rings. The van der Waals surface area contributed by atoms with Gasteiger partial charge in [-0.05, 0) is 2.74 Å². The summed E-state index contributed by atoms with van der Waals surface area (Å²) < 4.78 is 28.2. The summed E-state index contributed by atoms with van der Waals surface area (Å²) in [6.07, 6.45) is 0. The summed E-state index contributed by atoms with van der Waals surface area (Å²) in [5.74, 6) is 0. The zero-order chi connectivity index (χ0) is 7.72. The Balaban J connectivity index is -0.000000333. The van der Waals surface area contributed by atoms with Crippen LogP contribution in [0.5, 0.6) is 0 Å². The molecule has 0 spiro atoms. The molecule has 0 nitrogen and oxygen atoms in total. The fraction of sp³-hybridized carbons (Fsp3) is 0. The fourth-order valence-corrected chi connectivity index (χ4v) is 0.212. The molecule has 40 valence electrons. The standard InChI is InChI=1S/C6H5.BrH.Mg.H/c1-2-4-6-5-3-1;;;/h1-5H;1H;;/q-1;;+2;-1/i1D,2D,3D,4D;;;1+1. The molecule has 0 bridgehead atoms. The molecule has 1 rings (SSSR count). The molecule has 0 fully saturated rings. The minimum absolute atomic E-state index is 0.